The Morgan fingerprint density at radius 3 is 2.87 bits per heavy atom. The minimum Gasteiger partial charge on any atom is -0.477 e. The van der Waals surface area contributed by atoms with E-state index in [0.717, 1.165) is 43.4 Å². The Morgan fingerprint density at radius 2 is 2.17 bits per heavy atom. The first-order valence-corrected chi connectivity index (χ1v) is 8.42. The molecule has 0 aliphatic heterocycles. The van der Waals surface area contributed by atoms with Gasteiger partial charge in [-0.3, -0.25) is 0 Å². The van der Waals surface area contributed by atoms with Crippen LogP contribution in [0.25, 0.3) is 0 Å². The Morgan fingerprint density at radius 1 is 1.35 bits per heavy atom. The predicted molar refractivity (Wildman–Crippen MR) is 106 cm³/mol. The van der Waals surface area contributed by atoms with Crippen LogP contribution in [-0.4, -0.2) is 30.6 Å². The van der Waals surface area contributed by atoms with Crippen LogP contribution >= 0.6 is 24.0 Å². The lowest BCUT2D eigenvalue weighted by Crippen LogP contribution is -2.38. The SMILES string of the molecule is CCCCOc1ncccc1CN=C(NCC)NCC1CC1.I. The third-order valence-electron chi connectivity index (χ3n) is 3.59. The summed E-state index contributed by atoms with van der Waals surface area (Å²) in [5, 5.41) is 6.69. The van der Waals surface area contributed by atoms with Crippen molar-refractivity contribution in [1.29, 1.82) is 0 Å². The van der Waals surface area contributed by atoms with Gasteiger partial charge < -0.3 is 15.4 Å². The van der Waals surface area contributed by atoms with Crippen molar-refractivity contribution < 1.29 is 4.74 Å². The topological polar surface area (TPSA) is 58.5 Å². The number of ether oxygens (including phenoxy) is 1. The van der Waals surface area contributed by atoms with Gasteiger partial charge in [0.05, 0.1) is 13.2 Å². The van der Waals surface area contributed by atoms with Crippen molar-refractivity contribution in [2.24, 2.45) is 10.9 Å². The zero-order chi connectivity index (χ0) is 15.6. The first-order valence-electron chi connectivity index (χ1n) is 8.42. The zero-order valence-corrected chi connectivity index (χ0v) is 16.5. The number of halogens is 1. The van der Waals surface area contributed by atoms with Crippen LogP contribution in [0.15, 0.2) is 23.3 Å². The van der Waals surface area contributed by atoms with Crippen LogP contribution in [0.4, 0.5) is 0 Å². The van der Waals surface area contributed by atoms with Crippen LogP contribution in [0.1, 0.15) is 45.1 Å². The van der Waals surface area contributed by atoms with Gasteiger partial charge in [0.2, 0.25) is 5.88 Å². The fourth-order valence-electron chi connectivity index (χ4n) is 2.06. The number of nitrogens with one attached hydrogen (secondary N) is 2. The Balaban J connectivity index is 0.00000264. The Labute approximate surface area is 156 Å². The van der Waals surface area contributed by atoms with Gasteiger partial charge >= 0.3 is 0 Å². The molecule has 1 saturated carbocycles. The molecule has 1 aromatic rings. The Hall–Kier alpha value is -1.05. The summed E-state index contributed by atoms with van der Waals surface area (Å²) in [5.74, 6) is 2.41. The van der Waals surface area contributed by atoms with E-state index in [4.69, 9.17) is 4.74 Å². The summed E-state index contributed by atoms with van der Waals surface area (Å²) in [5.41, 5.74) is 1.03. The second-order valence-electron chi connectivity index (χ2n) is 5.69. The van der Waals surface area contributed by atoms with Gasteiger partial charge in [-0.1, -0.05) is 19.4 Å². The molecular formula is C17H29IN4O. The molecule has 0 atom stereocenters. The highest BCUT2D eigenvalue weighted by Gasteiger charge is 2.21. The van der Waals surface area contributed by atoms with E-state index in [0.29, 0.717) is 19.0 Å². The monoisotopic (exact) mass is 432 g/mol. The molecule has 0 amide bonds. The predicted octanol–water partition coefficient (Wildman–Crippen LogP) is 3.34. The van der Waals surface area contributed by atoms with Gasteiger partial charge in [-0.25, -0.2) is 9.98 Å². The molecule has 130 valence electrons. The minimum atomic E-state index is 0. The summed E-state index contributed by atoms with van der Waals surface area (Å²) in [7, 11) is 0. The maximum Gasteiger partial charge on any atom is 0.218 e. The lowest BCUT2D eigenvalue weighted by atomic mass is 10.2. The van der Waals surface area contributed by atoms with Crippen molar-refractivity contribution >= 4 is 29.9 Å². The van der Waals surface area contributed by atoms with E-state index in [2.05, 4.69) is 34.5 Å². The van der Waals surface area contributed by atoms with Gasteiger partial charge in [0, 0.05) is 24.8 Å². The number of guanidine groups is 1. The third-order valence-corrected chi connectivity index (χ3v) is 3.59. The van der Waals surface area contributed by atoms with Crippen molar-refractivity contribution in [2.75, 3.05) is 19.7 Å². The number of pyridine rings is 1. The van der Waals surface area contributed by atoms with Crippen molar-refractivity contribution in [2.45, 2.75) is 46.1 Å². The molecular weight excluding hydrogens is 403 g/mol. The highest BCUT2D eigenvalue weighted by Crippen LogP contribution is 2.27. The van der Waals surface area contributed by atoms with Crippen LogP contribution in [0.2, 0.25) is 0 Å². The van der Waals surface area contributed by atoms with Crippen molar-refractivity contribution in [3.8, 4) is 5.88 Å². The van der Waals surface area contributed by atoms with E-state index in [-0.39, 0.29) is 24.0 Å². The molecule has 0 radical (unpaired) electrons. The molecule has 1 heterocycles. The van der Waals surface area contributed by atoms with Crippen LogP contribution in [0, 0.1) is 5.92 Å². The molecule has 6 heteroatoms. The Kier molecular flexibility index (Phi) is 9.98. The molecule has 1 aliphatic rings. The quantitative estimate of drug-likeness (QED) is 0.272. The number of hydrogen-bond donors (Lipinski definition) is 2. The maximum atomic E-state index is 5.76. The van der Waals surface area contributed by atoms with Crippen LogP contribution in [0.3, 0.4) is 0 Å². The van der Waals surface area contributed by atoms with E-state index >= 15 is 0 Å². The maximum absolute atomic E-state index is 5.76. The number of hydrogen-bond acceptors (Lipinski definition) is 3. The molecule has 1 aliphatic carbocycles. The van der Waals surface area contributed by atoms with Crippen molar-refractivity contribution in [3.63, 3.8) is 0 Å². The van der Waals surface area contributed by atoms with Gasteiger partial charge in [-0.15, -0.1) is 24.0 Å². The summed E-state index contributed by atoms with van der Waals surface area (Å²) in [4.78, 5) is 8.97. The fraction of sp³-hybridized carbons (Fsp3) is 0.647. The summed E-state index contributed by atoms with van der Waals surface area (Å²) < 4.78 is 5.76. The van der Waals surface area contributed by atoms with E-state index in [9.17, 15) is 0 Å². The van der Waals surface area contributed by atoms with Gasteiger partial charge in [-0.05, 0) is 38.2 Å². The average Bonchev–Trinajstić information content (AvgIpc) is 3.36. The number of aromatic nitrogens is 1. The van der Waals surface area contributed by atoms with Gasteiger partial charge in [0.25, 0.3) is 0 Å². The lowest BCUT2D eigenvalue weighted by Gasteiger charge is -2.12. The summed E-state index contributed by atoms with van der Waals surface area (Å²) in [6, 6.07) is 3.96. The lowest BCUT2D eigenvalue weighted by molar-refractivity contribution is 0.294. The highest BCUT2D eigenvalue weighted by molar-refractivity contribution is 14.0. The largest absolute Gasteiger partial charge is 0.477 e. The Bertz CT molecular complexity index is 477. The normalized spacial score (nSPS) is 14.1. The van der Waals surface area contributed by atoms with Crippen LogP contribution < -0.4 is 15.4 Å². The number of unbranched alkanes of at least 4 members (excludes halogenated alkanes) is 1. The average molecular weight is 432 g/mol. The molecule has 1 aromatic heterocycles. The summed E-state index contributed by atoms with van der Waals surface area (Å²) >= 11 is 0. The van der Waals surface area contributed by atoms with E-state index < -0.39 is 0 Å². The van der Waals surface area contributed by atoms with Crippen LogP contribution in [0.5, 0.6) is 5.88 Å². The third kappa shape index (κ3) is 7.85. The van der Waals surface area contributed by atoms with Crippen molar-refractivity contribution in [3.05, 3.63) is 23.9 Å². The van der Waals surface area contributed by atoms with Gasteiger partial charge in [0.1, 0.15) is 0 Å². The standard InChI is InChI=1S/C17H28N4O.HI/c1-3-5-11-22-16-15(7-6-10-19-16)13-21-17(18-4-2)20-12-14-8-9-14;/h6-7,10,14H,3-5,8-9,11-13H2,1-2H3,(H2,18,20,21);1H. The molecule has 1 fully saturated rings. The molecule has 0 saturated heterocycles. The molecule has 2 rings (SSSR count). The molecule has 0 bridgehead atoms. The van der Waals surface area contributed by atoms with Gasteiger partial charge in [-0.2, -0.15) is 0 Å². The van der Waals surface area contributed by atoms with Crippen molar-refractivity contribution in [1.82, 2.24) is 15.6 Å². The van der Waals surface area contributed by atoms with E-state index in [1.54, 1.807) is 6.20 Å². The molecule has 5 nitrogen and oxygen atoms in total. The summed E-state index contributed by atoms with van der Waals surface area (Å²) in [6.07, 6.45) is 6.61. The molecule has 23 heavy (non-hydrogen) atoms. The first kappa shape index (κ1) is 20.0. The van der Waals surface area contributed by atoms with Crippen LogP contribution in [-0.2, 0) is 6.54 Å². The van der Waals surface area contributed by atoms with E-state index in [1.807, 2.05) is 12.1 Å². The second-order valence-corrected chi connectivity index (χ2v) is 5.69. The molecule has 0 spiro atoms. The molecule has 0 aromatic carbocycles. The number of aliphatic imine (C=N–C) groups is 1. The number of rotatable bonds is 9. The smallest absolute Gasteiger partial charge is 0.218 e. The highest BCUT2D eigenvalue weighted by atomic mass is 127. The minimum absolute atomic E-state index is 0. The van der Waals surface area contributed by atoms with E-state index in [1.165, 1.54) is 12.8 Å². The zero-order valence-electron chi connectivity index (χ0n) is 14.2. The fourth-order valence-corrected chi connectivity index (χ4v) is 2.06. The summed E-state index contributed by atoms with van der Waals surface area (Å²) in [6.45, 7) is 7.40. The molecule has 0 unspecified atom stereocenters. The molecule has 2 N–H and O–H groups in total. The first-order chi connectivity index (χ1) is 10.8. The second kappa shape index (κ2) is 11.5. The number of nitrogens with zero attached hydrogens (tertiary/aromatic N) is 2. The van der Waals surface area contributed by atoms with Gasteiger partial charge in [0.15, 0.2) is 5.96 Å².